The van der Waals surface area contributed by atoms with E-state index in [0.29, 0.717) is 16.7 Å². The van der Waals surface area contributed by atoms with Crippen LogP contribution in [0.2, 0.25) is 0 Å². The number of esters is 1. The fraction of sp³-hybridized carbons (Fsp3) is 0.182. The molecule has 0 bridgehead atoms. The standard InChI is InChI=1S/C22H19NO7/c1-23-6-2-3-13(11-23)22(28)30-20-10-15-17(26)8-14(24)9-19(15)29-21(20)12-4-5-16(25)18(27)7-12/h2-9,11,20-21H,10H2,1H3,(H3-,24,25,26,27)/p+1/t20-,21+/m1/s1. The van der Waals surface area contributed by atoms with Crippen LogP contribution in [0.1, 0.15) is 27.6 Å². The van der Waals surface area contributed by atoms with Gasteiger partial charge in [-0.15, -0.1) is 0 Å². The average molecular weight is 410 g/mol. The van der Waals surface area contributed by atoms with Crippen LogP contribution in [0.15, 0.2) is 54.9 Å². The highest BCUT2D eigenvalue weighted by molar-refractivity contribution is 5.88. The van der Waals surface area contributed by atoms with E-state index in [9.17, 15) is 25.2 Å². The molecule has 0 saturated carbocycles. The summed E-state index contributed by atoms with van der Waals surface area (Å²) in [6, 6.07) is 10.0. The van der Waals surface area contributed by atoms with Gasteiger partial charge >= 0.3 is 5.97 Å². The van der Waals surface area contributed by atoms with Crippen molar-refractivity contribution in [1.29, 1.82) is 0 Å². The smallest absolute Gasteiger partial charge is 0.344 e. The molecule has 2 atom stereocenters. The normalized spacial score (nSPS) is 17.6. The van der Waals surface area contributed by atoms with E-state index in [0.717, 1.165) is 0 Å². The molecule has 1 aliphatic rings. The molecule has 3 aromatic rings. The molecule has 0 aliphatic carbocycles. The van der Waals surface area contributed by atoms with Gasteiger partial charge in [-0.25, -0.2) is 9.36 Å². The van der Waals surface area contributed by atoms with Crippen LogP contribution >= 0.6 is 0 Å². The molecule has 4 rings (SSSR count). The Bertz CT molecular complexity index is 1130. The van der Waals surface area contributed by atoms with E-state index in [4.69, 9.17) is 9.47 Å². The largest absolute Gasteiger partial charge is 0.508 e. The zero-order valence-electron chi connectivity index (χ0n) is 16.0. The van der Waals surface area contributed by atoms with Gasteiger partial charge < -0.3 is 29.9 Å². The maximum atomic E-state index is 12.7. The van der Waals surface area contributed by atoms with E-state index in [-0.39, 0.29) is 35.2 Å². The minimum Gasteiger partial charge on any atom is -0.508 e. The Labute approximate surface area is 171 Å². The number of ether oxygens (including phenoxy) is 2. The maximum Gasteiger partial charge on any atom is 0.344 e. The molecule has 2 heterocycles. The Morgan fingerprint density at radius 2 is 1.87 bits per heavy atom. The predicted octanol–water partition coefficient (Wildman–Crippen LogP) is 2.24. The molecular weight excluding hydrogens is 390 g/mol. The molecule has 8 heteroatoms. The number of aromatic nitrogens is 1. The number of aromatic hydroxyl groups is 4. The van der Waals surface area contributed by atoms with Crippen LogP contribution in [0.5, 0.6) is 28.7 Å². The maximum absolute atomic E-state index is 12.7. The number of hydrogen-bond acceptors (Lipinski definition) is 7. The number of rotatable bonds is 3. The molecular formula is C22H20NO7+. The lowest BCUT2D eigenvalue weighted by atomic mass is 9.93. The summed E-state index contributed by atoms with van der Waals surface area (Å²) in [6.45, 7) is 0. The second kappa shape index (κ2) is 7.47. The summed E-state index contributed by atoms with van der Waals surface area (Å²) < 4.78 is 13.4. The number of hydrogen-bond donors (Lipinski definition) is 4. The minimum absolute atomic E-state index is 0.123. The number of carbonyl (C=O) groups excluding carboxylic acids is 1. The SMILES string of the molecule is C[n+]1cccc(C(=O)O[C@@H]2Cc3c(O)cc(O)cc3O[C@H]2c2ccc(O)c(O)c2)c1. The van der Waals surface area contributed by atoms with E-state index in [1.54, 1.807) is 36.1 Å². The number of phenolic OH excluding ortho intramolecular Hbond substituents is 4. The summed E-state index contributed by atoms with van der Waals surface area (Å²) in [6.07, 6.45) is 1.85. The van der Waals surface area contributed by atoms with Crippen molar-refractivity contribution < 1.29 is 39.3 Å². The summed E-state index contributed by atoms with van der Waals surface area (Å²) in [4.78, 5) is 12.7. The van der Waals surface area contributed by atoms with Crippen molar-refractivity contribution in [2.75, 3.05) is 0 Å². The number of fused-ring (bicyclic) bond motifs is 1. The van der Waals surface area contributed by atoms with Gasteiger partial charge in [0.2, 0.25) is 0 Å². The lowest BCUT2D eigenvalue weighted by Gasteiger charge is -2.33. The first-order valence-corrected chi connectivity index (χ1v) is 9.21. The predicted molar refractivity (Wildman–Crippen MR) is 103 cm³/mol. The second-order valence-electron chi connectivity index (χ2n) is 7.13. The van der Waals surface area contributed by atoms with Gasteiger partial charge in [-0.3, -0.25) is 0 Å². The fourth-order valence-electron chi connectivity index (χ4n) is 3.47. The molecule has 4 N–H and O–H groups in total. The number of pyridine rings is 1. The Hall–Kier alpha value is -3.94. The van der Waals surface area contributed by atoms with Gasteiger partial charge in [0.15, 0.2) is 30.0 Å². The van der Waals surface area contributed by atoms with Crippen molar-refractivity contribution in [3.8, 4) is 28.7 Å². The molecule has 0 fully saturated rings. The summed E-state index contributed by atoms with van der Waals surface area (Å²) in [7, 11) is 1.78. The third-order valence-corrected chi connectivity index (χ3v) is 4.93. The minimum atomic E-state index is -0.841. The summed E-state index contributed by atoms with van der Waals surface area (Å²) >= 11 is 0. The molecule has 30 heavy (non-hydrogen) atoms. The Balaban J connectivity index is 1.72. The van der Waals surface area contributed by atoms with Crippen molar-refractivity contribution in [3.05, 3.63) is 71.5 Å². The van der Waals surface area contributed by atoms with Gasteiger partial charge in [0.1, 0.15) is 36.0 Å². The Morgan fingerprint density at radius 1 is 1.07 bits per heavy atom. The first-order chi connectivity index (χ1) is 14.3. The lowest BCUT2D eigenvalue weighted by molar-refractivity contribution is -0.671. The van der Waals surface area contributed by atoms with Crippen molar-refractivity contribution in [3.63, 3.8) is 0 Å². The number of nitrogens with zero attached hydrogens (tertiary/aromatic N) is 1. The molecule has 154 valence electrons. The monoisotopic (exact) mass is 410 g/mol. The molecule has 0 saturated heterocycles. The van der Waals surface area contributed by atoms with E-state index < -0.39 is 18.2 Å². The number of phenols is 4. The molecule has 0 radical (unpaired) electrons. The van der Waals surface area contributed by atoms with Crippen LogP contribution in [0.4, 0.5) is 0 Å². The van der Waals surface area contributed by atoms with Gasteiger partial charge in [-0.2, -0.15) is 0 Å². The summed E-state index contributed by atoms with van der Waals surface area (Å²) in [5.74, 6) is -1.33. The Morgan fingerprint density at radius 3 is 2.60 bits per heavy atom. The average Bonchev–Trinajstić information content (AvgIpc) is 2.70. The van der Waals surface area contributed by atoms with Crippen LogP contribution in [-0.2, 0) is 18.2 Å². The van der Waals surface area contributed by atoms with Crippen LogP contribution in [0.3, 0.4) is 0 Å². The number of aryl methyl sites for hydroxylation is 1. The topological polar surface area (TPSA) is 120 Å². The fourth-order valence-corrected chi connectivity index (χ4v) is 3.47. The van der Waals surface area contributed by atoms with Crippen molar-refractivity contribution in [1.82, 2.24) is 0 Å². The van der Waals surface area contributed by atoms with Crippen molar-refractivity contribution in [2.24, 2.45) is 7.05 Å². The lowest BCUT2D eigenvalue weighted by Crippen LogP contribution is -2.35. The molecule has 0 amide bonds. The molecule has 1 aromatic heterocycles. The first kappa shape index (κ1) is 19.4. The highest BCUT2D eigenvalue weighted by Crippen LogP contribution is 2.43. The van der Waals surface area contributed by atoms with Gasteiger partial charge in [0.25, 0.3) is 0 Å². The van der Waals surface area contributed by atoms with E-state index in [1.165, 1.54) is 30.3 Å². The van der Waals surface area contributed by atoms with Gasteiger partial charge in [-0.05, 0) is 18.2 Å². The molecule has 0 unspecified atom stereocenters. The van der Waals surface area contributed by atoms with E-state index >= 15 is 0 Å². The molecule has 8 nitrogen and oxygen atoms in total. The first-order valence-electron chi connectivity index (χ1n) is 9.21. The van der Waals surface area contributed by atoms with Crippen molar-refractivity contribution in [2.45, 2.75) is 18.6 Å². The number of benzene rings is 2. The highest BCUT2D eigenvalue weighted by Gasteiger charge is 2.37. The van der Waals surface area contributed by atoms with E-state index in [1.807, 2.05) is 0 Å². The zero-order valence-corrected chi connectivity index (χ0v) is 16.0. The molecule has 2 aromatic carbocycles. The third-order valence-electron chi connectivity index (χ3n) is 4.93. The van der Waals surface area contributed by atoms with E-state index in [2.05, 4.69) is 0 Å². The highest BCUT2D eigenvalue weighted by atomic mass is 16.6. The molecule has 1 aliphatic heterocycles. The number of carbonyl (C=O) groups is 1. The van der Waals surface area contributed by atoms with Crippen LogP contribution in [0.25, 0.3) is 0 Å². The van der Waals surface area contributed by atoms with Gasteiger partial charge in [0.05, 0.1) is 0 Å². The van der Waals surface area contributed by atoms with Crippen LogP contribution in [0, 0.1) is 0 Å². The zero-order chi connectivity index (χ0) is 21.4. The third kappa shape index (κ3) is 3.67. The second-order valence-corrected chi connectivity index (χ2v) is 7.13. The summed E-state index contributed by atoms with van der Waals surface area (Å²) in [5, 5.41) is 39.5. The van der Waals surface area contributed by atoms with Gasteiger partial charge in [-0.1, -0.05) is 6.07 Å². The van der Waals surface area contributed by atoms with Crippen molar-refractivity contribution >= 4 is 5.97 Å². The molecule has 0 spiro atoms. The van der Waals surface area contributed by atoms with Gasteiger partial charge in [0, 0.05) is 35.7 Å². The van der Waals surface area contributed by atoms with Crippen LogP contribution in [-0.4, -0.2) is 32.5 Å². The van der Waals surface area contributed by atoms with Crippen LogP contribution < -0.4 is 9.30 Å². The quantitative estimate of drug-likeness (QED) is 0.297. The Kier molecular flexibility index (Phi) is 4.83. The summed E-state index contributed by atoms with van der Waals surface area (Å²) in [5.41, 5.74) is 1.19.